The van der Waals surface area contributed by atoms with Gasteiger partial charge >= 0.3 is 0 Å². The highest BCUT2D eigenvalue weighted by molar-refractivity contribution is 7.91. The van der Waals surface area contributed by atoms with Crippen molar-refractivity contribution in [2.45, 2.75) is 26.3 Å². The number of amides is 1. The monoisotopic (exact) mass is 311 g/mol. The van der Waals surface area contributed by atoms with E-state index in [-0.39, 0.29) is 23.5 Å². The lowest BCUT2D eigenvalue weighted by molar-refractivity contribution is 0.0705. The van der Waals surface area contributed by atoms with E-state index in [1.54, 1.807) is 17.0 Å². The number of hydrogen-bond donors (Lipinski definition) is 0. The van der Waals surface area contributed by atoms with Gasteiger partial charge in [-0.25, -0.2) is 8.42 Å². The van der Waals surface area contributed by atoms with Crippen LogP contribution >= 0.6 is 0 Å². The summed E-state index contributed by atoms with van der Waals surface area (Å²) in [4.78, 5) is 14.4. The lowest BCUT2D eigenvalue weighted by Gasteiger charge is -2.27. The van der Waals surface area contributed by atoms with E-state index in [9.17, 15) is 13.2 Å². The van der Waals surface area contributed by atoms with Crippen LogP contribution in [0.25, 0.3) is 0 Å². The molecule has 21 heavy (non-hydrogen) atoms. The normalized spacial score (nSPS) is 20.2. The predicted octanol–water partition coefficient (Wildman–Crippen LogP) is 1.65. The van der Waals surface area contributed by atoms with Crippen LogP contribution in [0.3, 0.4) is 0 Å². The second kappa shape index (κ2) is 6.05. The molecule has 1 aromatic rings. The molecule has 1 aliphatic heterocycles. The average molecular weight is 311 g/mol. The number of rotatable bonds is 4. The first kappa shape index (κ1) is 15.8. The van der Waals surface area contributed by atoms with Gasteiger partial charge in [-0.2, -0.15) is 0 Å². The van der Waals surface area contributed by atoms with E-state index in [4.69, 9.17) is 4.74 Å². The first-order valence-corrected chi connectivity index (χ1v) is 8.86. The summed E-state index contributed by atoms with van der Waals surface area (Å²) >= 11 is 0. The number of ether oxygens (including phenoxy) is 1. The number of sulfone groups is 1. The van der Waals surface area contributed by atoms with Gasteiger partial charge in [0.15, 0.2) is 9.84 Å². The number of carbonyl (C=O) groups is 1. The van der Waals surface area contributed by atoms with E-state index in [1.807, 2.05) is 19.9 Å². The van der Waals surface area contributed by atoms with Crippen molar-refractivity contribution in [2.24, 2.45) is 0 Å². The molecule has 1 unspecified atom stereocenters. The predicted molar refractivity (Wildman–Crippen MR) is 81.5 cm³/mol. The summed E-state index contributed by atoms with van der Waals surface area (Å²) in [6.07, 6.45) is 0.510. The van der Waals surface area contributed by atoms with E-state index in [0.29, 0.717) is 24.3 Å². The molecular weight excluding hydrogens is 290 g/mol. The highest BCUT2D eigenvalue weighted by Crippen LogP contribution is 2.25. The topological polar surface area (TPSA) is 63.7 Å². The number of benzene rings is 1. The van der Waals surface area contributed by atoms with Gasteiger partial charge in [-0.05, 0) is 32.4 Å². The van der Waals surface area contributed by atoms with Gasteiger partial charge in [0, 0.05) is 12.6 Å². The zero-order chi connectivity index (χ0) is 15.6. The summed E-state index contributed by atoms with van der Waals surface area (Å²) in [6.45, 7) is 4.26. The molecule has 0 aromatic heterocycles. The van der Waals surface area contributed by atoms with E-state index in [0.717, 1.165) is 5.56 Å². The highest BCUT2D eigenvalue weighted by atomic mass is 32.2. The van der Waals surface area contributed by atoms with Crippen molar-refractivity contribution < 1.29 is 17.9 Å². The molecule has 0 bridgehead atoms. The fourth-order valence-electron chi connectivity index (χ4n) is 2.73. The number of aryl methyl sites for hydroxylation is 1. The average Bonchev–Trinajstić information content (AvgIpc) is 2.79. The van der Waals surface area contributed by atoms with Crippen molar-refractivity contribution in [3.8, 4) is 5.75 Å². The fraction of sp³-hybridized carbons (Fsp3) is 0.533. The van der Waals surface area contributed by atoms with E-state index in [1.165, 1.54) is 7.11 Å². The molecule has 1 aliphatic rings. The molecule has 1 saturated heterocycles. The van der Waals surface area contributed by atoms with Crippen LogP contribution in [0.4, 0.5) is 0 Å². The third kappa shape index (κ3) is 3.37. The third-order valence-corrected chi connectivity index (χ3v) is 5.59. The van der Waals surface area contributed by atoms with Crippen molar-refractivity contribution in [3.05, 3.63) is 29.3 Å². The van der Waals surface area contributed by atoms with Crippen LogP contribution in [0.1, 0.15) is 29.3 Å². The summed E-state index contributed by atoms with van der Waals surface area (Å²) in [6, 6.07) is 5.19. The minimum atomic E-state index is -3.02. The second-order valence-corrected chi connectivity index (χ2v) is 7.58. The maximum Gasteiger partial charge on any atom is 0.257 e. The van der Waals surface area contributed by atoms with Gasteiger partial charge in [0.25, 0.3) is 5.91 Å². The largest absolute Gasteiger partial charge is 0.496 e. The number of hydrogen-bond acceptors (Lipinski definition) is 4. The molecule has 1 fully saturated rings. The molecule has 0 saturated carbocycles. The smallest absolute Gasteiger partial charge is 0.257 e. The molecule has 1 aromatic carbocycles. The minimum Gasteiger partial charge on any atom is -0.496 e. The Labute approximate surface area is 125 Å². The minimum absolute atomic E-state index is 0.0563. The Balaban J connectivity index is 2.31. The summed E-state index contributed by atoms with van der Waals surface area (Å²) in [5.74, 6) is 0.567. The van der Waals surface area contributed by atoms with Crippen molar-refractivity contribution >= 4 is 15.7 Å². The molecule has 0 N–H and O–H groups in total. The first-order valence-electron chi connectivity index (χ1n) is 7.04. The summed E-state index contributed by atoms with van der Waals surface area (Å²) in [7, 11) is -1.49. The third-order valence-electron chi connectivity index (χ3n) is 3.84. The van der Waals surface area contributed by atoms with E-state index < -0.39 is 9.84 Å². The zero-order valence-electron chi connectivity index (χ0n) is 12.6. The highest BCUT2D eigenvalue weighted by Gasteiger charge is 2.34. The van der Waals surface area contributed by atoms with Crippen LogP contribution in [-0.2, 0) is 9.84 Å². The molecule has 1 heterocycles. The van der Waals surface area contributed by atoms with Crippen LogP contribution in [0.15, 0.2) is 18.2 Å². The molecule has 0 radical (unpaired) electrons. The van der Waals surface area contributed by atoms with E-state index >= 15 is 0 Å². The number of carbonyl (C=O) groups excluding carboxylic acids is 1. The Bertz CT molecular complexity index is 639. The van der Waals surface area contributed by atoms with Gasteiger partial charge in [0.2, 0.25) is 0 Å². The van der Waals surface area contributed by atoms with E-state index in [2.05, 4.69) is 0 Å². The maximum absolute atomic E-state index is 12.8. The number of nitrogens with zero attached hydrogens (tertiary/aromatic N) is 1. The molecule has 0 spiro atoms. The molecule has 2 rings (SSSR count). The maximum atomic E-state index is 12.8. The standard InChI is InChI=1S/C15H21NO4S/c1-4-16(12-7-8-21(18,19)10-12)15(17)13-9-11(2)5-6-14(13)20-3/h5-6,9,12H,4,7-8,10H2,1-3H3. The van der Waals surface area contributed by atoms with Crippen molar-refractivity contribution in [1.82, 2.24) is 4.90 Å². The second-order valence-electron chi connectivity index (χ2n) is 5.35. The SMILES string of the molecule is CCN(C(=O)c1cc(C)ccc1OC)C1CCS(=O)(=O)C1. The molecule has 5 nitrogen and oxygen atoms in total. The van der Waals surface area contributed by atoms with Crippen molar-refractivity contribution in [1.29, 1.82) is 0 Å². The molecule has 116 valence electrons. The van der Waals surface area contributed by atoms with Crippen molar-refractivity contribution in [2.75, 3.05) is 25.2 Å². The van der Waals surface area contributed by atoms with Gasteiger partial charge < -0.3 is 9.64 Å². The van der Waals surface area contributed by atoms with Gasteiger partial charge in [-0.15, -0.1) is 0 Å². The Hall–Kier alpha value is -1.56. The Morgan fingerprint density at radius 3 is 2.67 bits per heavy atom. The van der Waals surface area contributed by atoms with Crippen LogP contribution in [0.2, 0.25) is 0 Å². The fourth-order valence-corrected chi connectivity index (χ4v) is 4.46. The van der Waals surface area contributed by atoms with Crippen LogP contribution in [0, 0.1) is 6.92 Å². The van der Waals surface area contributed by atoms with Crippen molar-refractivity contribution in [3.63, 3.8) is 0 Å². The van der Waals surface area contributed by atoms with Gasteiger partial charge in [-0.3, -0.25) is 4.79 Å². The van der Waals surface area contributed by atoms with Crippen LogP contribution < -0.4 is 4.74 Å². The van der Waals surface area contributed by atoms with Crippen LogP contribution in [-0.4, -0.2) is 50.4 Å². The summed E-state index contributed by atoms with van der Waals surface area (Å²) in [5, 5.41) is 0. The number of methoxy groups -OCH3 is 1. The summed E-state index contributed by atoms with van der Waals surface area (Å²) in [5.41, 5.74) is 1.46. The molecule has 1 amide bonds. The Morgan fingerprint density at radius 1 is 1.43 bits per heavy atom. The van der Waals surface area contributed by atoms with Crippen LogP contribution in [0.5, 0.6) is 5.75 Å². The Kier molecular flexibility index (Phi) is 4.56. The summed E-state index contributed by atoms with van der Waals surface area (Å²) < 4.78 is 28.5. The van der Waals surface area contributed by atoms with Gasteiger partial charge in [0.1, 0.15) is 5.75 Å². The molecular formula is C15H21NO4S. The Morgan fingerprint density at radius 2 is 2.14 bits per heavy atom. The molecule has 6 heteroatoms. The lowest BCUT2D eigenvalue weighted by atomic mass is 10.1. The molecule has 0 aliphatic carbocycles. The lowest BCUT2D eigenvalue weighted by Crippen LogP contribution is -2.41. The molecule has 1 atom stereocenters. The first-order chi connectivity index (χ1) is 9.88. The zero-order valence-corrected chi connectivity index (χ0v) is 13.4. The quantitative estimate of drug-likeness (QED) is 0.848. The van der Waals surface area contributed by atoms with Gasteiger partial charge in [0.05, 0.1) is 24.2 Å². The van der Waals surface area contributed by atoms with Gasteiger partial charge in [-0.1, -0.05) is 11.6 Å².